The van der Waals surface area contributed by atoms with Crippen molar-refractivity contribution in [2.24, 2.45) is 11.7 Å². The van der Waals surface area contributed by atoms with Crippen LogP contribution in [-0.2, 0) is 27.2 Å². The highest BCUT2D eigenvalue weighted by atomic mass is 19.4. The highest BCUT2D eigenvalue weighted by molar-refractivity contribution is 5.73. The number of benzene rings is 1. The fourth-order valence-electron chi connectivity index (χ4n) is 3.02. The van der Waals surface area contributed by atoms with Crippen molar-refractivity contribution in [3.8, 4) is 5.75 Å². The first kappa shape index (κ1) is 24.7. The third-order valence-corrected chi connectivity index (χ3v) is 4.37. The van der Waals surface area contributed by atoms with E-state index in [4.69, 9.17) is 25.1 Å². The lowest BCUT2D eigenvalue weighted by Gasteiger charge is -2.15. The first-order valence-corrected chi connectivity index (χ1v) is 9.57. The Hall–Kier alpha value is -2.29. The molecule has 6 nitrogen and oxygen atoms in total. The predicted molar refractivity (Wildman–Crippen MR) is 101 cm³/mol. The van der Waals surface area contributed by atoms with Crippen LogP contribution in [0, 0.1) is 5.92 Å². The summed E-state index contributed by atoms with van der Waals surface area (Å²) in [6.07, 6.45) is 0.523. The molecule has 2 rings (SSSR count). The number of nitrogens with two attached hydrogens (primary N) is 1. The van der Waals surface area contributed by atoms with Gasteiger partial charge in [-0.25, -0.2) is 4.79 Å². The minimum atomic E-state index is -5.08. The Morgan fingerprint density at radius 1 is 1.28 bits per heavy atom. The maximum atomic E-state index is 11.7. The summed E-state index contributed by atoms with van der Waals surface area (Å²) in [6.45, 7) is 3.61. The molecular weight excluding hydrogens is 391 g/mol. The van der Waals surface area contributed by atoms with E-state index in [1.807, 2.05) is 13.0 Å². The summed E-state index contributed by atoms with van der Waals surface area (Å²) < 4.78 is 42.6. The predicted octanol–water partition coefficient (Wildman–Crippen LogP) is 3.50. The first-order valence-electron chi connectivity index (χ1n) is 9.57. The molecule has 0 aliphatic heterocycles. The molecule has 1 aromatic carbocycles. The van der Waals surface area contributed by atoms with Crippen molar-refractivity contribution >= 4 is 11.9 Å². The molecule has 1 aliphatic rings. The molecule has 0 fully saturated rings. The standard InChI is InChI=1S/C18H27NO3.C2HF3O2/c1-2-21-18(20)12-14-5-3-6-15-7-8-17(13-16(15)11-14)22-10-4-9-19;3-2(4,5)1(6)7/h7-8,13-14H,2-6,9-12,19H2,1H3;(H,6,7). The van der Waals surface area contributed by atoms with E-state index in [1.54, 1.807) is 0 Å². The smallest absolute Gasteiger partial charge is 0.490 e. The molecule has 0 aromatic heterocycles. The van der Waals surface area contributed by atoms with Crippen LogP contribution in [-0.4, -0.2) is 43.0 Å². The number of hydrogen-bond acceptors (Lipinski definition) is 5. The Morgan fingerprint density at radius 2 is 1.97 bits per heavy atom. The minimum Gasteiger partial charge on any atom is -0.494 e. The average molecular weight is 419 g/mol. The van der Waals surface area contributed by atoms with E-state index in [0.717, 1.165) is 37.9 Å². The van der Waals surface area contributed by atoms with Gasteiger partial charge in [0.05, 0.1) is 13.2 Å². The molecule has 0 saturated carbocycles. The fourth-order valence-corrected chi connectivity index (χ4v) is 3.02. The molecule has 0 spiro atoms. The van der Waals surface area contributed by atoms with Crippen molar-refractivity contribution in [1.82, 2.24) is 0 Å². The van der Waals surface area contributed by atoms with Gasteiger partial charge in [0.15, 0.2) is 0 Å². The summed E-state index contributed by atoms with van der Waals surface area (Å²) in [6, 6.07) is 6.34. The van der Waals surface area contributed by atoms with Gasteiger partial charge in [-0.1, -0.05) is 6.07 Å². The van der Waals surface area contributed by atoms with Gasteiger partial charge in [0.2, 0.25) is 0 Å². The molecule has 9 heteroatoms. The number of halogens is 3. The summed E-state index contributed by atoms with van der Waals surface area (Å²) in [5, 5.41) is 7.12. The molecule has 1 unspecified atom stereocenters. The largest absolute Gasteiger partial charge is 0.494 e. The van der Waals surface area contributed by atoms with Crippen molar-refractivity contribution in [3.05, 3.63) is 29.3 Å². The quantitative estimate of drug-likeness (QED) is 0.399. The number of rotatable bonds is 7. The average Bonchev–Trinajstić information content (AvgIpc) is 2.83. The normalized spacial score (nSPS) is 16.0. The van der Waals surface area contributed by atoms with E-state index < -0.39 is 12.1 Å². The lowest BCUT2D eigenvalue weighted by Crippen LogP contribution is -2.21. The second kappa shape index (κ2) is 12.3. The number of carboxylic acid groups (broad SMARTS) is 1. The van der Waals surface area contributed by atoms with Crippen molar-refractivity contribution in [3.63, 3.8) is 0 Å². The van der Waals surface area contributed by atoms with Gasteiger partial charge < -0.3 is 20.3 Å². The van der Waals surface area contributed by atoms with Crippen LogP contribution in [0.3, 0.4) is 0 Å². The monoisotopic (exact) mass is 419 g/mol. The lowest BCUT2D eigenvalue weighted by molar-refractivity contribution is -0.192. The highest BCUT2D eigenvalue weighted by Gasteiger charge is 2.38. The van der Waals surface area contributed by atoms with Gasteiger partial charge in [0.25, 0.3) is 0 Å². The number of fused-ring (bicyclic) bond motifs is 1. The molecule has 1 aliphatic carbocycles. The zero-order valence-corrected chi connectivity index (χ0v) is 16.5. The number of aryl methyl sites for hydroxylation is 1. The van der Waals surface area contributed by atoms with Gasteiger partial charge in [0, 0.05) is 6.42 Å². The summed E-state index contributed by atoms with van der Waals surface area (Å²) in [4.78, 5) is 20.6. The first-order chi connectivity index (χ1) is 13.7. The third-order valence-electron chi connectivity index (χ3n) is 4.37. The summed E-state index contributed by atoms with van der Waals surface area (Å²) >= 11 is 0. The fraction of sp³-hybridized carbons (Fsp3) is 0.600. The van der Waals surface area contributed by atoms with E-state index in [2.05, 4.69) is 12.1 Å². The second-order valence-corrected chi connectivity index (χ2v) is 6.70. The van der Waals surface area contributed by atoms with Crippen LogP contribution in [0.4, 0.5) is 13.2 Å². The molecule has 0 amide bonds. The molecule has 3 N–H and O–H groups in total. The Bertz CT molecular complexity index is 664. The van der Waals surface area contributed by atoms with Crippen LogP contribution in [0.5, 0.6) is 5.75 Å². The van der Waals surface area contributed by atoms with Gasteiger partial charge >= 0.3 is 18.1 Å². The van der Waals surface area contributed by atoms with E-state index in [1.165, 1.54) is 11.1 Å². The summed E-state index contributed by atoms with van der Waals surface area (Å²) in [7, 11) is 0. The van der Waals surface area contributed by atoms with Crippen molar-refractivity contribution in [1.29, 1.82) is 0 Å². The number of carbonyl (C=O) groups excluding carboxylic acids is 1. The second-order valence-electron chi connectivity index (χ2n) is 6.70. The van der Waals surface area contributed by atoms with Gasteiger partial charge in [-0.3, -0.25) is 4.79 Å². The van der Waals surface area contributed by atoms with Gasteiger partial charge in [-0.2, -0.15) is 13.2 Å². The van der Waals surface area contributed by atoms with Crippen LogP contribution >= 0.6 is 0 Å². The van der Waals surface area contributed by atoms with Gasteiger partial charge in [0.1, 0.15) is 5.75 Å². The Labute approximate surface area is 168 Å². The Balaban J connectivity index is 0.000000516. The van der Waals surface area contributed by atoms with Gasteiger partial charge in [-0.05, 0) is 74.8 Å². The molecule has 164 valence electrons. The lowest BCUT2D eigenvalue weighted by atomic mass is 9.94. The van der Waals surface area contributed by atoms with Crippen LogP contribution in [0.25, 0.3) is 0 Å². The summed E-state index contributed by atoms with van der Waals surface area (Å²) in [5.41, 5.74) is 8.19. The van der Waals surface area contributed by atoms with E-state index in [9.17, 15) is 18.0 Å². The third kappa shape index (κ3) is 9.65. The van der Waals surface area contributed by atoms with Crippen LogP contribution in [0.15, 0.2) is 18.2 Å². The zero-order chi connectivity index (χ0) is 21.9. The number of alkyl halides is 3. The molecule has 1 atom stereocenters. The molecule has 0 saturated heterocycles. The number of carboxylic acids is 1. The van der Waals surface area contributed by atoms with E-state index in [0.29, 0.717) is 32.1 Å². The van der Waals surface area contributed by atoms with Crippen molar-refractivity contribution in [2.75, 3.05) is 19.8 Å². The Morgan fingerprint density at radius 3 is 2.55 bits per heavy atom. The zero-order valence-electron chi connectivity index (χ0n) is 16.5. The van der Waals surface area contributed by atoms with Crippen LogP contribution < -0.4 is 10.5 Å². The van der Waals surface area contributed by atoms with E-state index >= 15 is 0 Å². The topological polar surface area (TPSA) is 98.9 Å². The number of hydrogen-bond donors (Lipinski definition) is 2. The van der Waals surface area contributed by atoms with E-state index in [-0.39, 0.29) is 5.97 Å². The van der Waals surface area contributed by atoms with Crippen molar-refractivity contribution in [2.45, 2.75) is 51.6 Å². The number of esters is 1. The molecule has 0 heterocycles. The van der Waals surface area contributed by atoms with Crippen LogP contribution in [0.2, 0.25) is 0 Å². The molecule has 0 radical (unpaired) electrons. The number of carbonyl (C=O) groups is 2. The number of ether oxygens (including phenoxy) is 2. The van der Waals surface area contributed by atoms with Crippen LogP contribution in [0.1, 0.15) is 43.7 Å². The molecular formula is C20H28F3NO5. The van der Waals surface area contributed by atoms with Gasteiger partial charge in [-0.15, -0.1) is 0 Å². The van der Waals surface area contributed by atoms with Crippen molar-refractivity contribution < 1.29 is 37.3 Å². The number of aliphatic carboxylic acids is 1. The minimum absolute atomic E-state index is 0.0775. The highest BCUT2D eigenvalue weighted by Crippen LogP contribution is 2.29. The maximum Gasteiger partial charge on any atom is 0.490 e. The molecule has 1 aromatic rings. The SMILES string of the molecule is CCOC(=O)CC1CCCc2ccc(OCCCN)cc2C1.O=C(O)C(F)(F)F. The molecule has 0 bridgehead atoms. The maximum absolute atomic E-state index is 11.7. The summed E-state index contributed by atoms with van der Waals surface area (Å²) in [5.74, 6) is -1.55. The molecule has 29 heavy (non-hydrogen) atoms. The Kier molecular flexibility index (Phi) is 10.5.